The standard InChI is InChI=1S/C16H29NO6S/c1-6-12(7-2)9-24-13(14(19)20)8-17-16(21)23-15(10(3)4)22-11(5)18/h10,12-13,15H,6-9H2,1-5H3,(H,17,21)(H,19,20)/t13-,15+/m0/s1. The summed E-state index contributed by atoms with van der Waals surface area (Å²) in [6, 6.07) is 0. The van der Waals surface area contributed by atoms with Crippen molar-refractivity contribution in [2.75, 3.05) is 12.3 Å². The van der Waals surface area contributed by atoms with Crippen LogP contribution in [0.1, 0.15) is 47.5 Å². The minimum atomic E-state index is -0.997. The highest BCUT2D eigenvalue weighted by molar-refractivity contribution is 8.00. The zero-order chi connectivity index (χ0) is 18.7. The number of hydrogen-bond acceptors (Lipinski definition) is 6. The number of rotatable bonds is 11. The van der Waals surface area contributed by atoms with E-state index in [1.807, 2.05) is 0 Å². The predicted octanol–water partition coefficient (Wildman–Crippen LogP) is 2.88. The molecular weight excluding hydrogens is 334 g/mol. The molecule has 0 heterocycles. The highest BCUT2D eigenvalue weighted by Crippen LogP contribution is 2.20. The van der Waals surface area contributed by atoms with Crippen molar-refractivity contribution in [3.05, 3.63) is 0 Å². The van der Waals surface area contributed by atoms with Crippen LogP contribution in [-0.4, -0.2) is 47.0 Å². The SMILES string of the molecule is CCC(CC)CS[C@@H](CNC(=O)O[C@@H](OC(C)=O)C(C)C)C(=O)O. The number of carbonyl (C=O) groups is 3. The molecule has 7 nitrogen and oxygen atoms in total. The van der Waals surface area contributed by atoms with Crippen LogP contribution >= 0.6 is 11.8 Å². The van der Waals surface area contributed by atoms with E-state index in [-0.39, 0.29) is 12.5 Å². The van der Waals surface area contributed by atoms with Crippen molar-refractivity contribution in [3.63, 3.8) is 0 Å². The molecule has 0 aromatic rings. The maximum Gasteiger partial charge on any atom is 0.410 e. The number of carbonyl (C=O) groups excluding carboxylic acids is 2. The quantitative estimate of drug-likeness (QED) is 0.430. The van der Waals surface area contributed by atoms with Crippen LogP contribution in [0, 0.1) is 11.8 Å². The van der Waals surface area contributed by atoms with Crippen LogP contribution in [0.3, 0.4) is 0 Å². The lowest BCUT2D eigenvalue weighted by atomic mass is 10.1. The van der Waals surface area contributed by atoms with Crippen molar-refractivity contribution in [3.8, 4) is 0 Å². The van der Waals surface area contributed by atoms with Gasteiger partial charge >= 0.3 is 18.0 Å². The smallest absolute Gasteiger partial charge is 0.410 e. The normalized spacial score (nSPS) is 13.5. The molecule has 0 radical (unpaired) electrons. The molecule has 0 aliphatic heterocycles. The number of hydrogen-bond donors (Lipinski definition) is 2. The maximum absolute atomic E-state index is 11.8. The van der Waals surface area contributed by atoms with Crippen molar-refractivity contribution in [1.82, 2.24) is 5.32 Å². The van der Waals surface area contributed by atoms with Gasteiger partial charge in [-0.3, -0.25) is 9.59 Å². The first-order valence-corrected chi connectivity index (χ1v) is 9.22. The van der Waals surface area contributed by atoms with Crippen molar-refractivity contribution in [2.24, 2.45) is 11.8 Å². The third kappa shape index (κ3) is 9.64. The highest BCUT2D eigenvalue weighted by Gasteiger charge is 2.24. The molecule has 2 atom stereocenters. The first kappa shape index (κ1) is 22.6. The molecule has 0 unspecified atom stereocenters. The zero-order valence-corrected chi connectivity index (χ0v) is 15.9. The van der Waals surface area contributed by atoms with Crippen LogP contribution in [0.5, 0.6) is 0 Å². The van der Waals surface area contributed by atoms with E-state index in [9.17, 15) is 19.5 Å². The molecule has 0 saturated heterocycles. The number of carboxylic acids is 1. The molecule has 8 heteroatoms. The van der Waals surface area contributed by atoms with Gasteiger partial charge in [0.2, 0.25) is 0 Å². The van der Waals surface area contributed by atoms with Crippen LogP contribution in [0.4, 0.5) is 4.79 Å². The van der Waals surface area contributed by atoms with Gasteiger partial charge in [0, 0.05) is 19.4 Å². The molecule has 0 aromatic carbocycles. The Bertz CT molecular complexity index is 411. The summed E-state index contributed by atoms with van der Waals surface area (Å²) in [7, 11) is 0. The monoisotopic (exact) mass is 363 g/mol. The third-order valence-electron chi connectivity index (χ3n) is 3.44. The Morgan fingerprint density at radius 3 is 2.12 bits per heavy atom. The van der Waals surface area contributed by atoms with Gasteiger partial charge in [0.05, 0.1) is 0 Å². The van der Waals surface area contributed by atoms with E-state index < -0.39 is 29.6 Å². The van der Waals surface area contributed by atoms with Crippen molar-refractivity contribution in [2.45, 2.75) is 59.0 Å². The molecule has 0 aromatic heterocycles. The summed E-state index contributed by atoms with van der Waals surface area (Å²) in [5.41, 5.74) is 0. The Morgan fingerprint density at radius 1 is 1.12 bits per heavy atom. The second kappa shape index (κ2) is 12.0. The average molecular weight is 363 g/mol. The number of amides is 1. The Labute approximate surface area is 147 Å². The number of alkyl carbamates (subject to hydrolysis) is 1. The summed E-state index contributed by atoms with van der Waals surface area (Å²) < 4.78 is 9.93. The number of aliphatic carboxylic acids is 1. The summed E-state index contributed by atoms with van der Waals surface area (Å²) in [5, 5.41) is 10.9. The number of carboxylic acid groups (broad SMARTS) is 1. The van der Waals surface area contributed by atoms with Crippen LogP contribution in [0.25, 0.3) is 0 Å². The van der Waals surface area contributed by atoms with Gasteiger partial charge in [-0.2, -0.15) is 0 Å². The fraction of sp³-hybridized carbons (Fsp3) is 0.812. The largest absolute Gasteiger partial charge is 0.480 e. The molecule has 0 bridgehead atoms. The molecule has 140 valence electrons. The fourth-order valence-electron chi connectivity index (χ4n) is 1.78. The van der Waals surface area contributed by atoms with Crippen LogP contribution in [0.15, 0.2) is 0 Å². The highest BCUT2D eigenvalue weighted by atomic mass is 32.2. The van der Waals surface area contributed by atoms with Crippen LogP contribution in [-0.2, 0) is 19.1 Å². The van der Waals surface area contributed by atoms with Gasteiger partial charge in [-0.05, 0) is 11.7 Å². The van der Waals surface area contributed by atoms with E-state index in [2.05, 4.69) is 19.2 Å². The van der Waals surface area contributed by atoms with Gasteiger partial charge in [-0.15, -0.1) is 11.8 Å². The van der Waals surface area contributed by atoms with Crippen molar-refractivity contribution in [1.29, 1.82) is 0 Å². The minimum absolute atomic E-state index is 0.0517. The van der Waals surface area contributed by atoms with E-state index in [0.717, 1.165) is 18.6 Å². The number of esters is 1. The van der Waals surface area contributed by atoms with Crippen molar-refractivity contribution < 1.29 is 29.0 Å². The van der Waals surface area contributed by atoms with E-state index >= 15 is 0 Å². The van der Waals surface area contributed by atoms with Crippen molar-refractivity contribution >= 4 is 29.8 Å². The van der Waals surface area contributed by atoms with Crippen LogP contribution < -0.4 is 5.32 Å². The average Bonchev–Trinajstić information content (AvgIpc) is 2.49. The lowest BCUT2D eigenvalue weighted by Crippen LogP contribution is -2.39. The van der Waals surface area contributed by atoms with E-state index in [4.69, 9.17) is 9.47 Å². The Morgan fingerprint density at radius 2 is 1.71 bits per heavy atom. The Kier molecular flexibility index (Phi) is 11.3. The molecule has 1 amide bonds. The maximum atomic E-state index is 11.8. The second-order valence-electron chi connectivity index (χ2n) is 5.85. The molecule has 0 saturated carbocycles. The number of thioether (sulfide) groups is 1. The summed E-state index contributed by atoms with van der Waals surface area (Å²) >= 11 is 1.31. The van der Waals surface area contributed by atoms with Gasteiger partial charge in [-0.25, -0.2) is 4.79 Å². The third-order valence-corrected chi connectivity index (χ3v) is 4.88. The lowest BCUT2D eigenvalue weighted by molar-refractivity contribution is -0.172. The van der Waals surface area contributed by atoms with E-state index in [1.165, 1.54) is 18.7 Å². The summed E-state index contributed by atoms with van der Waals surface area (Å²) in [6.45, 7) is 8.80. The molecule has 0 rings (SSSR count). The van der Waals surface area contributed by atoms with E-state index in [1.54, 1.807) is 13.8 Å². The Balaban J connectivity index is 4.44. The molecule has 2 N–H and O–H groups in total. The first-order valence-electron chi connectivity index (χ1n) is 8.17. The van der Waals surface area contributed by atoms with Gasteiger partial charge in [-0.1, -0.05) is 40.5 Å². The molecule has 24 heavy (non-hydrogen) atoms. The minimum Gasteiger partial charge on any atom is -0.480 e. The molecule has 0 aliphatic rings. The number of nitrogens with one attached hydrogen (secondary N) is 1. The summed E-state index contributed by atoms with van der Waals surface area (Å²) in [6.07, 6.45) is 0.181. The Hall–Kier alpha value is -1.44. The molecule has 0 fully saturated rings. The van der Waals surface area contributed by atoms with E-state index in [0.29, 0.717) is 5.92 Å². The number of ether oxygens (including phenoxy) is 2. The topological polar surface area (TPSA) is 102 Å². The van der Waals surface area contributed by atoms with Gasteiger partial charge in [0.25, 0.3) is 6.29 Å². The van der Waals surface area contributed by atoms with Crippen LogP contribution in [0.2, 0.25) is 0 Å². The lowest BCUT2D eigenvalue weighted by Gasteiger charge is -2.21. The molecule has 0 aliphatic carbocycles. The predicted molar refractivity (Wildman–Crippen MR) is 92.8 cm³/mol. The van der Waals surface area contributed by atoms with Gasteiger partial charge in [0.1, 0.15) is 5.25 Å². The first-order chi connectivity index (χ1) is 11.2. The summed E-state index contributed by atoms with van der Waals surface area (Å²) in [4.78, 5) is 34.1. The zero-order valence-electron chi connectivity index (χ0n) is 15.0. The molecule has 0 spiro atoms. The molecular formula is C16H29NO6S. The van der Waals surface area contributed by atoms with Gasteiger partial charge in [0.15, 0.2) is 0 Å². The fourth-order valence-corrected chi connectivity index (χ4v) is 3.10. The second-order valence-corrected chi connectivity index (χ2v) is 7.09. The summed E-state index contributed by atoms with van der Waals surface area (Å²) in [5.74, 6) is -0.558. The van der Waals surface area contributed by atoms with Gasteiger partial charge < -0.3 is 19.9 Å².